The molecule has 1 aromatic rings. The van der Waals surface area contributed by atoms with Gasteiger partial charge in [0.2, 0.25) is 0 Å². The Kier molecular flexibility index (Phi) is 2.83. The second-order valence-corrected chi connectivity index (χ2v) is 5.67. The number of rotatable bonds is 1. The van der Waals surface area contributed by atoms with Gasteiger partial charge in [-0.2, -0.15) is 9.78 Å². The SMILES string of the molecule is CC(C)N1CCC2(C1)C(O)CN2C(=O)n1cncn1. The Morgan fingerprint density at radius 2 is 2.32 bits per heavy atom. The molecule has 1 spiro atoms. The van der Waals surface area contributed by atoms with Crippen LogP contribution in [0.1, 0.15) is 20.3 Å². The maximum absolute atomic E-state index is 12.3. The molecule has 0 aromatic carbocycles. The predicted octanol–water partition coefficient (Wildman–Crippen LogP) is -0.224. The third-order valence-electron chi connectivity index (χ3n) is 4.40. The van der Waals surface area contributed by atoms with Crippen molar-refractivity contribution in [3.05, 3.63) is 12.7 Å². The van der Waals surface area contributed by atoms with Gasteiger partial charge in [-0.1, -0.05) is 0 Å². The molecular weight excluding hydrogens is 246 g/mol. The van der Waals surface area contributed by atoms with E-state index in [4.69, 9.17) is 0 Å². The van der Waals surface area contributed by atoms with Crippen LogP contribution in [0.5, 0.6) is 0 Å². The number of carbonyl (C=O) groups is 1. The normalized spacial score (nSPS) is 31.2. The average molecular weight is 265 g/mol. The van der Waals surface area contributed by atoms with Crippen LogP contribution in [-0.4, -0.2) is 73.0 Å². The van der Waals surface area contributed by atoms with E-state index < -0.39 is 11.6 Å². The lowest BCUT2D eigenvalue weighted by atomic mass is 9.81. The van der Waals surface area contributed by atoms with Crippen LogP contribution in [-0.2, 0) is 0 Å². The molecule has 2 aliphatic heterocycles. The van der Waals surface area contributed by atoms with Crippen LogP contribution in [0, 0.1) is 0 Å². The highest BCUT2D eigenvalue weighted by Gasteiger charge is 2.58. The molecule has 0 saturated carbocycles. The topological polar surface area (TPSA) is 74.5 Å². The third kappa shape index (κ3) is 1.76. The van der Waals surface area contributed by atoms with E-state index in [0.717, 1.165) is 19.5 Å². The molecule has 2 fully saturated rings. The van der Waals surface area contributed by atoms with E-state index in [2.05, 4.69) is 28.8 Å². The molecular formula is C12H19N5O2. The number of aliphatic hydroxyl groups is 1. The van der Waals surface area contributed by atoms with Gasteiger partial charge in [0, 0.05) is 19.1 Å². The summed E-state index contributed by atoms with van der Waals surface area (Å²) in [5.41, 5.74) is -0.437. The molecule has 0 bridgehead atoms. The molecule has 3 heterocycles. The summed E-state index contributed by atoms with van der Waals surface area (Å²) in [7, 11) is 0. The molecule has 7 heteroatoms. The first-order valence-corrected chi connectivity index (χ1v) is 6.63. The van der Waals surface area contributed by atoms with Crippen molar-refractivity contribution in [2.24, 2.45) is 0 Å². The minimum Gasteiger partial charge on any atom is -0.389 e. The van der Waals surface area contributed by atoms with E-state index in [0.29, 0.717) is 12.6 Å². The van der Waals surface area contributed by atoms with Gasteiger partial charge in [-0.3, -0.25) is 4.90 Å². The van der Waals surface area contributed by atoms with Crippen molar-refractivity contribution < 1.29 is 9.90 Å². The van der Waals surface area contributed by atoms with Gasteiger partial charge in [-0.15, -0.1) is 0 Å². The lowest BCUT2D eigenvalue weighted by Crippen LogP contribution is -2.74. The van der Waals surface area contributed by atoms with Crippen molar-refractivity contribution in [2.45, 2.75) is 38.0 Å². The summed E-state index contributed by atoms with van der Waals surface area (Å²) in [6, 6.07) is 0.226. The number of β-amino-alcohol motifs (C(OH)–C–C–N with tert-alkyl or cyclic N) is 1. The van der Waals surface area contributed by atoms with E-state index in [1.54, 1.807) is 4.90 Å². The zero-order valence-electron chi connectivity index (χ0n) is 11.2. The number of carbonyl (C=O) groups excluding carboxylic acids is 1. The standard InChI is InChI=1S/C12H19N5O2/c1-9(2)15-4-3-12(6-15)10(18)5-16(12)11(19)17-8-13-7-14-17/h7-10,18H,3-6H2,1-2H3. The smallest absolute Gasteiger partial charge is 0.346 e. The molecule has 1 aromatic heterocycles. The molecule has 3 rings (SSSR count). The van der Waals surface area contributed by atoms with Crippen LogP contribution < -0.4 is 0 Å². The molecule has 1 N–H and O–H groups in total. The Morgan fingerprint density at radius 3 is 2.84 bits per heavy atom. The quantitative estimate of drug-likeness (QED) is 0.759. The van der Waals surface area contributed by atoms with Crippen LogP contribution >= 0.6 is 0 Å². The molecule has 2 saturated heterocycles. The van der Waals surface area contributed by atoms with Crippen LogP contribution in [0.2, 0.25) is 0 Å². The summed E-state index contributed by atoms with van der Waals surface area (Å²) in [5, 5.41) is 14.0. The number of hydrogen-bond acceptors (Lipinski definition) is 5. The van der Waals surface area contributed by atoms with Crippen molar-refractivity contribution in [1.82, 2.24) is 24.6 Å². The Balaban J connectivity index is 1.79. The zero-order valence-corrected chi connectivity index (χ0v) is 11.2. The van der Waals surface area contributed by atoms with Gasteiger partial charge in [-0.05, 0) is 20.3 Å². The van der Waals surface area contributed by atoms with Gasteiger partial charge in [0.15, 0.2) is 0 Å². The van der Waals surface area contributed by atoms with Crippen LogP contribution in [0.4, 0.5) is 4.79 Å². The van der Waals surface area contributed by atoms with E-state index in [1.165, 1.54) is 17.3 Å². The van der Waals surface area contributed by atoms with Crippen LogP contribution in [0.3, 0.4) is 0 Å². The third-order valence-corrected chi connectivity index (χ3v) is 4.40. The summed E-state index contributed by atoms with van der Waals surface area (Å²) < 4.78 is 1.23. The fourth-order valence-electron chi connectivity index (χ4n) is 3.07. The van der Waals surface area contributed by atoms with E-state index in [1.807, 2.05) is 0 Å². The molecule has 2 aliphatic rings. The molecule has 0 aliphatic carbocycles. The summed E-state index contributed by atoms with van der Waals surface area (Å²) >= 11 is 0. The largest absolute Gasteiger partial charge is 0.389 e. The zero-order chi connectivity index (χ0) is 13.6. The van der Waals surface area contributed by atoms with Gasteiger partial charge in [0.1, 0.15) is 12.7 Å². The second kappa shape index (κ2) is 4.28. The number of amides is 1. The van der Waals surface area contributed by atoms with E-state index in [-0.39, 0.29) is 6.03 Å². The molecule has 19 heavy (non-hydrogen) atoms. The highest BCUT2D eigenvalue weighted by atomic mass is 16.3. The van der Waals surface area contributed by atoms with Crippen LogP contribution in [0.25, 0.3) is 0 Å². The van der Waals surface area contributed by atoms with E-state index in [9.17, 15) is 9.90 Å². The van der Waals surface area contributed by atoms with Gasteiger partial charge >= 0.3 is 6.03 Å². The minimum absolute atomic E-state index is 0.201. The highest BCUT2D eigenvalue weighted by molar-refractivity contribution is 5.78. The van der Waals surface area contributed by atoms with Crippen molar-refractivity contribution in [2.75, 3.05) is 19.6 Å². The average Bonchev–Trinajstić information content (AvgIpc) is 3.04. The molecule has 0 radical (unpaired) electrons. The number of nitrogens with zero attached hydrogens (tertiary/aromatic N) is 5. The Labute approximate surface area is 111 Å². The number of aromatic nitrogens is 3. The first-order chi connectivity index (χ1) is 9.04. The lowest BCUT2D eigenvalue weighted by molar-refractivity contribution is -0.102. The maximum atomic E-state index is 12.3. The molecule has 2 atom stereocenters. The first kappa shape index (κ1) is 12.6. The van der Waals surface area contributed by atoms with E-state index >= 15 is 0 Å². The number of aliphatic hydroxyl groups excluding tert-OH is 1. The summed E-state index contributed by atoms with van der Waals surface area (Å²) in [5.74, 6) is 0. The van der Waals surface area contributed by atoms with Gasteiger partial charge in [0.05, 0.1) is 18.2 Å². The number of hydrogen-bond donors (Lipinski definition) is 1. The minimum atomic E-state index is -0.441. The molecule has 1 amide bonds. The fraction of sp³-hybridized carbons (Fsp3) is 0.750. The highest BCUT2D eigenvalue weighted by Crippen LogP contribution is 2.40. The predicted molar refractivity (Wildman–Crippen MR) is 67.6 cm³/mol. The van der Waals surface area contributed by atoms with Gasteiger partial charge in [-0.25, -0.2) is 9.78 Å². The van der Waals surface area contributed by atoms with Gasteiger partial charge < -0.3 is 10.0 Å². The summed E-state index contributed by atoms with van der Waals surface area (Å²) in [4.78, 5) is 20.1. The van der Waals surface area contributed by atoms with Crippen molar-refractivity contribution in [3.8, 4) is 0 Å². The Morgan fingerprint density at radius 1 is 1.53 bits per heavy atom. The lowest BCUT2D eigenvalue weighted by Gasteiger charge is -2.54. The molecule has 2 unspecified atom stereocenters. The Bertz CT molecular complexity index is 474. The summed E-state index contributed by atoms with van der Waals surface area (Å²) in [6.07, 6.45) is 3.11. The van der Waals surface area contributed by atoms with Crippen molar-refractivity contribution >= 4 is 6.03 Å². The monoisotopic (exact) mass is 265 g/mol. The van der Waals surface area contributed by atoms with Gasteiger partial charge in [0.25, 0.3) is 0 Å². The second-order valence-electron chi connectivity index (χ2n) is 5.67. The Hall–Kier alpha value is -1.47. The summed E-state index contributed by atoms with van der Waals surface area (Å²) in [6.45, 7) is 6.29. The fourth-order valence-corrected chi connectivity index (χ4v) is 3.07. The first-order valence-electron chi connectivity index (χ1n) is 6.63. The van der Waals surface area contributed by atoms with Crippen molar-refractivity contribution in [1.29, 1.82) is 0 Å². The number of likely N-dealkylation sites (tertiary alicyclic amines) is 2. The van der Waals surface area contributed by atoms with Crippen molar-refractivity contribution in [3.63, 3.8) is 0 Å². The maximum Gasteiger partial charge on any atom is 0.346 e. The molecule has 104 valence electrons. The van der Waals surface area contributed by atoms with Crippen LogP contribution in [0.15, 0.2) is 12.7 Å². The molecule has 7 nitrogen and oxygen atoms in total.